The van der Waals surface area contributed by atoms with Crippen molar-refractivity contribution < 1.29 is 14.3 Å². The highest BCUT2D eigenvalue weighted by Crippen LogP contribution is 2.24. The standard InChI is InChI=1S/C20H22Cl2FN3O2/c21-19(22)20(28)25-17(10-23)18(27)14-4-2-13(3-5-14)15-6-7-16(24-11-15)12-26-8-1-9-26/h2-7,11,17-19,27H,1,8-10,12H2,(H,25,28). The van der Waals surface area contributed by atoms with E-state index in [-0.39, 0.29) is 0 Å². The number of carbonyl (C=O) groups is 1. The molecule has 0 aliphatic carbocycles. The molecule has 2 aromatic rings. The van der Waals surface area contributed by atoms with Crippen LogP contribution >= 0.6 is 23.2 Å². The van der Waals surface area contributed by atoms with E-state index in [4.69, 9.17) is 23.2 Å². The lowest BCUT2D eigenvalue weighted by Gasteiger charge is -2.30. The largest absolute Gasteiger partial charge is 0.386 e. The van der Waals surface area contributed by atoms with Crippen LogP contribution in [0.2, 0.25) is 0 Å². The van der Waals surface area contributed by atoms with Crippen LogP contribution in [0.25, 0.3) is 11.1 Å². The first-order valence-electron chi connectivity index (χ1n) is 9.08. The summed E-state index contributed by atoms with van der Waals surface area (Å²) in [6.45, 7) is 2.18. The molecule has 1 fully saturated rings. The molecule has 5 nitrogen and oxygen atoms in total. The molecule has 0 spiro atoms. The van der Waals surface area contributed by atoms with Crippen molar-refractivity contribution in [2.45, 2.75) is 29.9 Å². The number of aliphatic hydroxyl groups excluding tert-OH is 1. The third kappa shape index (κ3) is 5.20. The second kappa shape index (κ2) is 9.65. The molecule has 0 radical (unpaired) electrons. The summed E-state index contributed by atoms with van der Waals surface area (Å²) in [5.41, 5.74) is 3.40. The predicted molar refractivity (Wildman–Crippen MR) is 108 cm³/mol. The van der Waals surface area contributed by atoms with Gasteiger partial charge in [0.15, 0.2) is 4.84 Å². The molecule has 1 aliphatic rings. The van der Waals surface area contributed by atoms with E-state index in [1.807, 2.05) is 30.5 Å². The first kappa shape index (κ1) is 21.0. The molecule has 1 aromatic carbocycles. The summed E-state index contributed by atoms with van der Waals surface area (Å²) in [5, 5.41) is 12.7. The van der Waals surface area contributed by atoms with E-state index in [9.17, 15) is 14.3 Å². The van der Waals surface area contributed by atoms with Gasteiger partial charge >= 0.3 is 0 Å². The zero-order valence-corrected chi connectivity index (χ0v) is 16.7. The zero-order chi connectivity index (χ0) is 20.1. The Morgan fingerprint density at radius 3 is 2.36 bits per heavy atom. The lowest BCUT2D eigenvalue weighted by molar-refractivity contribution is -0.121. The topological polar surface area (TPSA) is 65.5 Å². The van der Waals surface area contributed by atoms with E-state index in [0.717, 1.165) is 36.5 Å². The second-order valence-corrected chi connectivity index (χ2v) is 7.90. The minimum atomic E-state index is -1.32. The molecule has 2 unspecified atom stereocenters. The van der Waals surface area contributed by atoms with Crippen LogP contribution in [-0.2, 0) is 11.3 Å². The molecular weight excluding hydrogens is 404 g/mol. The molecule has 2 atom stereocenters. The number of alkyl halides is 3. The number of halogens is 3. The lowest BCUT2D eigenvalue weighted by Crippen LogP contribution is -2.43. The first-order chi connectivity index (χ1) is 13.5. The van der Waals surface area contributed by atoms with Gasteiger partial charge in [-0.2, -0.15) is 0 Å². The van der Waals surface area contributed by atoms with Crippen LogP contribution in [-0.4, -0.2) is 51.5 Å². The van der Waals surface area contributed by atoms with Crippen molar-refractivity contribution in [3.63, 3.8) is 0 Å². The highest BCUT2D eigenvalue weighted by Gasteiger charge is 2.25. The number of hydrogen-bond acceptors (Lipinski definition) is 4. The quantitative estimate of drug-likeness (QED) is 0.637. The van der Waals surface area contributed by atoms with Crippen LogP contribution in [0.5, 0.6) is 0 Å². The van der Waals surface area contributed by atoms with Crippen LogP contribution in [0.3, 0.4) is 0 Å². The predicted octanol–water partition coefficient (Wildman–Crippen LogP) is 3.25. The van der Waals surface area contributed by atoms with Crippen LogP contribution in [0, 0.1) is 0 Å². The minimum Gasteiger partial charge on any atom is -0.386 e. The van der Waals surface area contributed by atoms with Crippen molar-refractivity contribution >= 4 is 29.1 Å². The molecular formula is C20H22Cl2FN3O2. The van der Waals surface area contributed by atoms with Crippen molar-refractivity contribution in [3.05, 3.63) is 53.9 Å². The summed E-state index contributed by atoms with van der Waals surface area (Å²) in [7, 11) is 0. The summed E-state index contributed by atoms with van der Waals surface area (Å²) in [6, 6.07) is 9.95. The summed E-state index contributed by atoms with van der Waals surface area (Å²) in [5.74, 6) is -0.744. The zero-order valence-electron chi connectivity index (χ0n) is 15.2. The molecule has 1 saturated heterocycles. The summed E-state index contributed by atoms with van der Waals surface area (Å²) in [6.07, 6.45) is 1.86. The van der Waals surface area contributed by atoms with Gasteiger partial charge in [-0.3, -0.25) is 14.7 Å². The van der Waals surface area contributed by atoms with Gasteiger partial charge in [0.2, 0.25) is 0 Å². The van der Waals surface area contributed by atoms with Gasteiger partial charge in [-0.05, 0) is 36.7 Å². The van der Waals surface area contributed by atoms with Gasteiger partial charge in [-0.1, -0.05) is 53.5 Å². The number of amides is 1. The number of aliphatic hydroxyl groups is 1. The molecule has 150 valence electrons. The normalized spacial score (nSPS) is 16.5. The minimum absolute atomic E-state index is 0.481. The molecule has 3 rings (SSSR count). The van der Waals surface area contributed by atoms with Crippen molar-refractivity contribution in [1.82, 2.24) is 15.2 Å². The Labute approximate surface area is 173 Å². The van der Waals surface area contributed by atoms with Gasteiger partial charge in [0.1, 0.15) is 12.8 Å². The van der Waals surface area contributed by atoms with E-state index in [2.05, 4.69) is 15.2 Å². The molecule has 1 aliphatic heterocycles. The van der Waals surface area contributed by atoms with E-state index < -0.39 is 29.6 Å². The van der Waals surface area contributed by atoms with Gasteiger partial charge in [0.05, 0.1) is 11.7 Å². The number of benzene rings is 1. The van der Waals surface area contributed by atoms with Gasteiger partial charge in [0.25, 0.3) is 5.91 Å². The Morgan fingerprint density at radius 1 is 1.18 bits per heavy atom. The summed E-state index contributed by atoms with van der Waals surface area (Å²) in [4.78, 5) is 17.1. The average molecular weight is 426 g/mol. The number of carbonyl (C=O) groups excluding carboxylic acids is 1. The maximum atomic E-state index is 13.2. The third-order valence-electron chi connectivity index (χ3n) is 4.82. The molecule has 2 N–H and O–H groups in total. The van der Waals surface area contributed by atoms with Crippen LogP contribution in [0.4, 0.5) is 4.39 Å². The number of aromatic nitrogens is 1. The first-order valence-corrected chi connectivity index (χ1v) is 9.95. The average Bonchev–Trinajstić information content (AvgIpc) is 2.68. The number of hydrogen-bond donors (Lipinski definition) is 2. The smallest absolute Gasteiger partial charge is 0.253 e. The van der Waals surface area contributed by atoms with Crippen LogP contribution in [0.15, 0.2) is 42.6 Å². The monoisotopic (exact) mass is 425 g/mol. The van der Waals surface area contributed by atoms with E-state index in [1.165, 1.54) is 6.42 Å². The van der Waals surface area contributed by atoms with Gasteiger partial charge in [-0.15, -0.1) is 0 Å². The summed E-state index contributed by atoms with van der Waals surface area (Å²) < 4.78 is 13.2. The summed E-state index contributed by atoms with van der Waals surface area (Å²) >= 11 is 10.9. The number of likely N-dealkylation sites (tertiary alicyclic amines) is 1. The second-order valence-electron chi connectivity index (χ2n) is 6.80. The van der Waals surface area contributed by atoms with E-state index in [0.29, 0.717) is 5.56 Å². The maximum Gasteiger partial charge on any atom is 0.253 e. The van der Waals surface area contributed by atoms with Gasteiger partial charge in [0, 0.05) is 18.3 Å². The number of nitrogens with one attached hydrogen (secondary N) is 1. The van der Waals surface area contributed by atoms with Crippen LogP contribution in [0.1, 0.15) is 23.8 Å². The Kier molecular flexibility index (Phi) is 7.24. The van der Waals surface area contributed by atoms with Gasteiger partial charge in [-0.25, -0.2) is 4.39 Å². The highest BCUT2D eigenvalue weighted by atomic mass is 35.5. The molecule has 1 amide bonds. The SMILES string of the molecule is O=C(NC(CF)C(O)c1ccc(-c2ccc(CN3CCC3)nc2)cc1)C(Cl)Cl. The maximum absolute atomic E-state index is 13.2. The van der Waals surface area contributed by atoms with Crippen molar-refractivity contribution in [2.75, 3.05) is 19.8 Å². The molecule has 0 saturated carbocycles. The van der Waals surface area contributed by atoms with Gasteiger partial charge < -0.3 is 10.4 Å². The molecule has 28 heavy (non-hydrogen) atoms. The Hall–Kier alpha value is -1.73. The van der Waals surface area contributed by atoms with Crippen molar-refractivity contribution in [2.24, 2.45) is 0 Å². The third-order valence-corrected chi connectivity index (χ3v) is 5.21. The molecule has 2 heterocycles. The highest BCUT2D eigenvalue weighted by molar-refractivity contribution is 6.53. The number of rotatable bonds is 8. The number of pyridine rings is 1. The van der Waals surface area contributed by atoms with E-state index >= 15 is 0 Å². The fraction of sp³-hybridized carbons (Fsp3) is 0.400. The Balaban J connectivity index is 1.65. The molecule has 0 bridgehead atoms. The van der Waals surface area contributed by atoms with Crippen molar-refractivity contribution in [3.8, 4) is 11.1 Å². The fourth-order valence-corrected chi connectivity index (χ4v) is 3.14. The molecule has 1 aromatic heterocycles. The lowest BCUT2D eigenvalue weighted by atomic mass is 9.99. The Bertz CT molecular complexity index is 783. The fourth-order valence-electron chi connectivity index (χ4n) is 3.01. The Morgan fingerprint density at radius 2 is 1.86 bits per heavy atom. The van der Waals surface area contributed by atoms with E-state index in [1.54, 1.807) is 12.1 Å². The number of nitrogens with zero attached hydrogens (tertiary/aromatic N) is 2. The van der Waals surface area contributed by atoms with Crippen LogP contribution < -0.4 is 5.32 Å². The van der Waals surface area contributed by atoms with Crippen molar-refractivity contribution in [1.29, 1.82) is 0 Å². The molecule has 8 heteroatoms.